The molecule has 0 saturated carbocycles. The van der Waals surface area contributed by atoms with Crippen molar-refractivity contribution in [3.8, 4) is 0 Å². The van der Waals surface area contributed by atoms with E-state index in [4.69, 9.17) is 9.47 Å². The van der Waals surface area contributed by atoms with E-state index in [1.54, 1.807) is 41.5 Å². The molecule has 0 fully saturated rings. The van der Waals surface area contributed by atoms with E-state index in [1.807, 2.05) is 67.8 Å². The zero-order valence-corrected chi connectivity index (χ0v) is 29.4. The van der Waals surface area contributed by atoms with Crippen LogP contribution in [0.3, 0.4) is 0 Å². The van der Waals surface area contributed by atoms with E-state index in [2.05, 4.69) is 17.2 Å². The number of benzene rings is 2. The van der Waals surface area contributed by atoms with Gasteiger partial charge in [0, 0.05) is 13.0 Å². The van der Waals surface area contributed by atoms with Gasteiger partial charge in [-0.25, -0.2) is 9.59 Å². The molecule has 0 aliphatic heterocycles. The van der Waals surface area contributed by atoms with Gasteiger partial charge in [-0.2, -0.15) is 11.8 Å². The van der Waals surface area contributed by atoms with Crippen LogP contribution in [0.5, 0.6) is 0 Å². The predicted octanol–water partition coefficient (Wildman–Crippen LogP) is 6.02. The molecule has 0 aliphatic rings. The summed E-state index contributed by atoms with van der Waals surface area (Å²) in [5, 5.41) is 5.63. The van der Waals surface area contributed by atoms with Crippen molar-refractivity contribution in [1.29, 1.82) is 0 Å². The summed E-state index contributed by atoms with van der Waals surface area (Å²) < 4.78 is 11.1. The predicted molar refractivity (Wildman–Crippen MR) is 185 cm³/mol. The molecule has 2 N–H and O–H groups in total. The van der Waals surface area contributed by atoms with Crippen molar-refractivity contribution in [1.82, 2.24) is 15.5 Å². The molecule has 0 saturated heterocycles. The number of ether oxygens (including phenoxy) is 2. The highest BCUT2D eigenvalue weighted by molar-refractivity contribution is 7.98. The highest BCUT2D eigenvalue weighted by Gasteiger charge is 2.38. The fourth-order valence-corrected chi connectivity index (χ4v) is 5.15. The van der Waals surface area contributed by atoms with Crippen molar-refractivity contribution in [2.24, 2.45) is 0 Å². The number of alkyl carbamates (subject to hydrolysis) is 1. The van der Waals surface area contributed by atoms with Gasteiger partial charge in [-0.1, -0.05) is 67.6 Å². The molecule has 3 unspecified atom stereocenters. The molecule has 0 heterocycles. The third-order valence-corrected chi connectivity index (χ3v) is 7.41. The molecular weight excluding hydrogens is 602 g/mol. The van der Waals surface area contributed by atoms with Crippen LogP contribution in [-0.2, 0) is 36.7 Å². The second kappa shape index (κ2) is 17.8. The summed E-state index contributed by atoms with van der Waals surface area (Å²) in [7, 11) is 0. The average molecular weight is 654 g/mol. The first-order valence-electron chi connectivity index (χ1n) is 15.6. The number of aryl methyl sites for hydroxylation is 1. The maximum Gasteiger partial charge on any atom is 0.408 e. The van der Waals surface area contributed by atoms with Crippen molar-refractivity contribution >= 4 is 35.6 Å². The number of thioether (sulfide) groups is 1. The number of esters is 1. The van der Waals surface area contributed by atoms with Crippen molar-refractivity contribution in [2.75, 3.05) is 18.6 Å². The third kappa shape index (κ3) is 12.9. The monoisotopic (exact) mass is 653 g/mol. The van der Waals surface area contributed by atoms with Crippen molar-refractivity contribution in [3.63, 3.8) is 0 Å². The molecule has 2 rings (SSSR count). The van der Waals surface area contributed by atoms with E-state index < -0.39 is 53.2 Å². The normalized spacial score (nSPS) is 13.5. The van der Waals surface area contributed by atoms with Gasteiger partial charge in [0.1, 0.15) is 29.3 Å². The highest BCUT2D eigenvalue weighted by Crippen LogP contribution is 2.25. The molecule has 9 nitrogen and oxygen atoms in total. The van der Waals surface area contributed by atoms with E-state index in [0.29, 0.717) is 17.7 Å². The largest absolute Gasteiger partial charge is 0.458 e. The van der Waals surface area contributed by atoms with Gasteiger partial charge in [-0.3, -0.25) is 9.59 Å². The Labute approximate surface area is 278 Å². The lowest BCUT2D eigenvalue weighted by Crippen LogP contribution is -2.55. The molecular formula is C36H51N3O6S. The molecule has 0 radical (unpaired) electrons. The first-order chi connectivity index (χ1) is 21.6. The number of nitrogens with zero attached hydrogens (tertiary/aromatic N) is 1. The molecule has 2 aromatic carbocycles. The zero-order valence-electron chi connectivity index (χ0n) is 28.6. The van der Waals surface area contributed by atoms with Gasteiger partial charge in [0.25, 0.3) is 0 Å². The molecule has 46 heavy (non-hydrogen) atoms. The number of hydrogen-bond acceptors (Lipinski definition) is 7. The number of nitrogens with one attached hydrogen (secondary N) is 2. The van der Waals surface area contributed by atoms with Crippen LogP contribution in [0.4, 0.5) is 4.79 Å². The summed E-state index contributed by atoms with van der Waals surface area (Å²) in [4.78, 5) is 56.3. The van der Waals surface area contributed by atoms with Crippen LogP contribution in [0.15, 0.2) is 67.3 Å². The Kier molecular flexibility index (Phi) is 14.8. The Bertz CT molecular complexity index is 1300. The Morgan fingerprint density at radius 3 is 2.00 bits per heavy atom. The van der Waals surface area contributed by atoms with Crippen LogP contribution in [0.1, 0.15) is 77.6 Å². The third-order valence-electron chi connectivity index (χ3n) is 6.76. The van der Waals surface area contributed by atoms with Crippen LogP contribution >= 0.6 is 11.8 Å². The Morgan fingerprint density at radius 1 is 0.870 bits per heavy atom. The molecule has 0 aliphatic carbocycles. The van der Waals surface area contributed by atoms with Gasteiger partial charge >= 0.3 is 12.1 Å². The van der Waals surface area contributed by atoms with E-state index in [9.17, 15) is 19.2 Å². The van der Waals surface area contributed by atoms with Crippen LogP contribution in [0.2, 0.25) is 0 Å². The van der Waals surface area contributed by atoms with Gasteiger partial charge in [0.05, 0.1) is 0 Å². The molecule has 3 atom stereocenters. The number of hydrogen-bond donors (Lipinski definition) is 2. The maximum absolute atomic E-state index is 14.4. The van der Waals surface area contributed by atoms with Gasteiger partial charge in [0.15, 0.2) is 0 Å². The highest BCUT2D eigenvalue weighted by atomic mass is 32.2. The molecule has 10 heteroatoms. The van der Waals surface area contributed by atoms with Gasteiger partial charge < -0.3 is 25.0 Å². The van der Waals surface area contributed by atoms with Gasteiger partial charge in [-0.15, -0.1) is 6.58 Å². The second-order valence-electron chi connectivity index (χ2n) is 13.0. The summed E-state index contributed by atoms with van der Waals surface area (Å²) in [5.41, 5.74) is 0.893. The van der Waals surface area contributed by atoms with Crippen LogP contribution in [0, 0.1) is 0 Å². The van der Waals surface area contributed by atoms with Gasteiger partial charge in [-0.05, 0) is 83.1 Å². The average Bonchev–Trinajstić information content (AvgIpc) is 2.97. The lowest BCUT2D eigenvalue weighted by Gasteiger charge is -2.35. The molecule has 0 spiro atoms. The first kappa shape index (κ1) is 38.4. The van der Waals surface area contributed by atoms with E-state index in [1.165, 1.54) is 22.7 Å². The number of amides is 3. The first-order valence-corrected chi connectivity index (χ1v) is 17.0. The van der Waals surface area contributed by atoms with Gasteiger partial charge in [0.2, 0.25) is 11.8 Å². The molecule has 2 aromatic rings. The van der Waals surface area contributed by atoms with Crippen molar-refractivity contribution in [3.05, 3.63) is 83.9 Å². The molecule has 0 bridgehead atoms. The molecule has 252 valence electrons. The van der Waals surface area contributed by atoms with E-state index in [-0.39, 0.29) is 13.0 Å². The molecule has 3 amide bonds. The zero-order chi connectivity index (χ0) is 34.5. The molecule has 0 aromatic heterocycles. The maximum atomic E-state index is 14.4. The smallest absolute Gasteiger partial charge is 0.408 e. The minimum absolute atomic E-state index is 0.00794. The van der Waals surface area contributed by atoms with Crippen LogP contribution < -0.4 is 10.6 Å². The Morgan fingerprint density at radius 2 is 1.48 bits per heavy atom. The fourth-order valence-electron chi connectivity index (χ4n) is 4.68. The summed E-state index contributed by atoms with van der Waals surface area (Å²) >= 11 is 1.53. The number of carbonyl (C=O) groups is 4. The van der Waals surface area contributed by atoms with Crippen LogP contribution in [0.25, 0.3) is 0 Å². The summed E-state index contributed by atoms with van der Waals surface area (Å²) in [6.07, 6.45) is 4.01. The lowest BCUT2D eigenvalue weighted by atomic mass is 9.99. The summed E-state index contributed by atoms with van der Waals surface area (Å²) in [6, 6.07) is 13.6. The Balaban J connectivity index is 2.58. The van der Waals surface area contributed by atoms with Crippen molar-refractivity contribution < 1.29 is 28.7 Å². The topological polar surface area (TPSA) is 114 Å². The lowest BCUT2D eigenvalue weighted by molar-refractivity contribution is -0.159. The van der Waals surface area contributed by atoms with E-state index in [0.717, 1.165) is 17.5 Å². The summed E-state index contributed by atoms with van der Waals surface area (Å²) in [5.74, 6) is -1.05. The number of rotatable bonds is 15. The second-order valence-corrected chi connectivity index (χ2v) is 14.0. The quantitative estimate of drug-likeness (QED) is 0.179. The minimum Gasteiger partial charge on any atom is -0.458 e. The Hall–Kier alpha value is -3.79. The van der Waals surface area contributed by atoms with Crippen molar-refractivity contribution in [2.45, 2.75) is 97.1 Å². The van der Waals surface area contributed by atoms with Crippen LogP contribution in [-0.4, -0.2) is 70.6 Å². The summed E-state index contributed by atoms with van der Waals surface area (Å²) in [6.45, 7) is 16.4. The van der Waals surface area contributed by atoms with E-state index >= 15 is 0 Å². The minimum atomic E-state index is -1.14. The standard InChI is InChI=1S/C36H51N3O6S/c1-10-22-39(32(41)28(21-23-46-9)38-34(43)45-36(6,7)8)30(27-19-17-25(11-2)18-20-27)31(40)37-29(33(42)44-35(3,4)5)24-26-15-13-12-14-16-26/h10,12-20,28-30H,1,11,21-24H2,2-9H3,(H,37,40)(H,38,43). The fraction of sp³-hybridized carbons (Fsp3) is 0.500. The number of carbonyl (C=O) groups excluding carboxylic acids is 4. The SMILES string of the molecule is C=CCN(C(=O)C(CCSC)NC(=O)OC(C)(C)C)C(C(=O)NC(Cc1ccccc1)C(=O)OC(C)(C)C)c1ccc(CC)cc1.